The first-order valence-corrected chi connectivity index (χ1v) is 11.4. The number of carbonyl (C=O) groups excluding carboxylic acids is 2. The molecule has 0 aromatic heterocycles. The zero-order valence-corrected chi connectivity index (χ0v) is 20.8. The van der Waals surface area contributed by atoms with E-state index in [0.717, 1.165) is 22.6 Å². The number of nitrogens with zero attached hydrogens (tertiary/aromatic N) is 1. The van der Waals surface area contributed by atoms with Gasteiger partial charge in [-0.15, -0.1) is 13.2 Å². The van der Waals surface area contributed by atoms with E-state index >= 15 is 0 Å². The van der Waals surface area contributed by atoms with Crippen LogP contribution >= 0.6 is 23.2 Å². The fourth-order valence-corrected chi connectivity index (χ4v) is 4.72. The van der Waals surface area contributed by atoms with Gasteiger partial charge in [-0.05, 0) is 48.9 Å². The highest BCUT2D eigenvalue weighted by Gasteiger charge is 2.47. The molecule has 1 amide bonds. The average Bonchev–Trinajstić information content (AvgIpc) is 3.08. The molecule has 3 aromatic carbocycles. The van der Waals surface area contributed by atoms with E-state index in [1.165, 1.54) is 31.4 Å². The van der Waals surface area contributed by atoms with Gasteiger partial charge in [0.05, 0.1) is 29.3 Å². The van der Waals surface area contributed by atoms with Crippen LogP contribution in [0.25, 0.3) is 5.76 Å². The predicted molar refractivity (Wildman–Crippen MR) is 132 cm³/mol. The number of Topliss-reactive ketones (excluding diaryl/α,β-unsaturated/α-hetero) is 1. The Bertz CT molecular complexity index is 1420. The van der Waals surface area contributed by atoms with Crippen molar-refractivity contribution in [3.8, 4) is 11.5 Å². The van der Waals surface area contributed by atoms with Gasteiger partial charge in [0.25, 0.3) is 11.7 Å². The van der Waals surface area contributed by atoms with E-state index in [0.29, 0.717) is 5.56 Å². The lowest BCUT2D eigenvalue weighted by molar-refractivity contribution is -0.274. The van der Waals surface area contributed by atoms with E-state index in [2.05, 4.69) is 4.74 Å². The second kappa shape index (κ2) is 9.99. The quantitative estimate of drug-likeness (QED) is 0.213. The smallest absolute Gasteiger partial charge is 0.507 e. The van der Waals surface area contributed by atoms with E-state index in [9.17, 15) is 27.9 Å². The summed E-state index contributed by atoms with van der Waals surface area (Å²) in [7, 11) is 1.31. The lowest BCUT2D eigenvalue weighted by Crippen LogP contribution is -2.29. The number of ketones is 1. The molecule has 0 spiro atoms. The molecule has 1 N–H and O–H groups in total. The van der Waals surface area contributed by atoms with Crippen LogP contribution in [0, 0.1) is 6.92 Å². The molecule has 4 rings (SSSR count). The van der Waals surface area contributed by atoms with Crippen LogP contribution in [0.15, 0.2) is 66.2 Å². The van der Waals surface area contributed by atoms with E-state index in [-0.39, 0.29) is 32.6 Å². The van der Waals surface area contributed by atoms with Crippen molar-refractivity contribution in [1.29, 1.82) is 0 Å². The first kappa shape index (κ1) is 26.4. The standard InChI is InChI=1S/C26H18Cl2F3NO5/c1-13-4-3-5-14(10-13)21-20(22(33)18-11-15(27)12-19(28)24(18)36-2)23(34)25(35)32(21)16-6-8-17(9-7-16)37-26(29,30)31/h3-12,21,33H,1-2H3/b22-20+. The molecule has 1 aliphatic rings. The van der Waals surface area contributed by atoms with Crippen LogP contribution in [0.4, 0.5) is 18.9 Å². The van der Waals surface area contributed by atoms with Crippen molar-refractivity contribution in [2.75, 3.05) is 12.0 Å². The largest absolute Gasteiger partial charge is 0.573 e. The van der Waals surface area contributed by atoms with Crippen molar-refractivity contribution < 1.29 is 37.3 Å². The van der Waals surface area contributed by atoms with Crippen molar-refractivity contribution in [3.05, 3.63) is 93.0 Å². The van der Waals surface area contributed by atoms with Crippen molar-refractivity contribution in [2.45, 2.75) is 19.3 Å². The Morgan fingerprint density at radius 2 is 1.70 bits per heavy atom. The minimum atomic E-state index is -4.90. The zero-order valence-electron chi connectivity index (χ0n) is 19.3. The monoisotopic (exact) mass is 551 g/mol. The molecule has 1 aliphatic heterocycles. The summed E-state index contributed by atoms with van der Waals surface area (Å²) in [5.41, 5.74) is 1.11. The van der Waals surface area contributed by atoms with Gasteiger partial charge in [0, 0.05) is 10.7 Å². The lowest BCUT2D eigenvalue weighted by Gasteiger charge is -2.26. The summed E-state index contributed by atoms with van der Waals surface area (Å²) in [6, 6.07) is 13.0. The third kappa shape index (κ3) is 5.23. The minimum Gasteiger partial charge on any atom is -0.507 e. The van der Waals surface area contributed by atoms with Crippen LogP contribution in [-0.4, -0.2) is 30.3 Å². The molecule has 1 atom stereocenters. The maximum Gasteiger partial charge on any atom is 0.573 e. The first-order valence-electron chi connectivity index (χ1n) is 10.7. The molecule has 1 saturated heterocycles. The molecule has 0 aliphatic carbocycles. The number of benzene rings is 3. The number of aryl methyl sites for hydroxylation is 1. The number of alkyl halides is 3. The minimum absolute atomic E-state index is 0.00965. The van der Waals surface area contributed by atoms with Gasteiger partial charge in [0.1, 0.15) is 17.3 Å². The third-order valence-electron chi connectivity index (χ3n) is 5.62. The van der Waals surface area contributed by atoms with Gasteiger partial charge in [-0.25, -0.2) is 0 Å². The maximum atomic E-state index is 13.3. The number of halogens is 5. The number of aliphatic hydroxyl groups excluding tert-OH is 1. The van der Waals surface area contributed by atoms with Gasteiger partial charge in [0.15, 0.2) is 0 Å². The Labute approximate surface area is 219 Å². The molecule has 1 fully saturated rings. The molecule has 11 heteroatoms. The number of rotatable bonds is 5. The number of amides is 1. The summed E-state index contributed by atoms with van der Waals surface area (Å²) in [6.07, 6.45) is -4.90. The molecule has 37 heavy (non-hydrogen) atoms. The van der Waals surface area contributed by atoms with Crippen molar-refractivity contribution in [1.82, 2.24) is 0 Å². The number of hydrogen-bond donors (Lipinski definition) is 1. The van der Waals surface area contributed by atoms with Gasteiger partial charge in [-0.2, -0.15) is 0 Å². The Kier molecular flexibility index (Phi) is 7.12. The van der Waals surface area contributed by atoms with Gasteiger partial charge in [0.2, 0.25) is 0 Å². The van der Waals surface area contributed by atoms with Crippen LogP contribution in [0.2, 0.25) is 10.0 Å². The Morgan fingerprint density at radius 1 is 1.03 bits per heavy atom. The molecule has 192 valence electrons. The molecular weight excluding hydrogens is 534 g/mol. The Hall–Kier alpha value is -3.69. The number of anilines is 1. The summed E-state index contributed by atoms with van der Waals surface area (Å²) >= 11 is 12.3. The molecular formula is C26H18Cl2F3NO5. The zero-order chi connectivity index (χ0) is 27.1. The van der Waals surface area contributed by atoms with E-state index in [1.807, 2.05) is 0 Å². The number of ether oxygens (including phenoxy) is 2. The Morgan fingerprint density at radius 3 is 2.30 bits per heavy atom. The molecule has 3 aromatic rings. The fraction of sp³-hybridized carbons (Fsp3) is 0.154. The molecule has 1 heterocycles. The van der Waals surface area contributed by atoms with Gasteiger partial charge in [-0.3, -0.25) is 14.5 Å². The molecule has 0 bridgehead atoms. The highest BCUT2D eigenvalue weighted by Crippen LogP contribution is 2.45. The van der Waals surface area contributed by atoms with Gasteiger partial charge < -0.3 is 14.6 Å². The summed E-state index contributed by atoms with van der Waals surface area (Å²) < 4.78 is 47.0. The van der Waals surface area contributed by atoms with Gasteiger partial charge >= 0.3 is 6.36 Å². The lowest BCUT2D eigenvalue weighted by atomic mass is 9.94. The van der Waals surface area contributed by atoms with E-state index in [4.69, 9.17) is 27.9 Å². The highest BCUT2D eigenvalue weighted by atomic mass is 35.5. The van der Waals surface area contributed by atoms with Crippen LogP contribution in [0.5, 0.6) is 11.5 Å². The molecule has 0 saturated carbocycles. The number of hydrogen-bond acceptors (Lipinski definition) is 5. The first-order chi connectivity index (χ1) is 17.4. The topological polar surface area (TPSA) is 76.1 Å². The van der Waals surface area contributed by atoms with E-state index in [1.54, 1.807) is 31.2 Å². The summed E-state index contributed by atoms with van der Waals surface area (Å²) in [5, 5.41) is 11.6. The molecule has 1 unspecified atom stereocenters. The summed E-state index contributed by atoms with van der Waals surface area (Å²) in [6.45, 7) is 1.80. The second-order valence-corrected chi connectivity index (χ2v) is 8.94. The molecule has 0 radical (unpaired) electrons. The van der Waals surface area contributed by atoms with Crippen LogP contribution in [0.3, 0.4) is 0 Å². The predicted octanol–water partition coefficient (Wildman–Crippen LogP) is 6.84. The second-order valence-electron chi connectivity index (χ2n) is 8.09. The van der Waals surface area contributed by atoms with Crippen molar-refractivity contribution in [2.24, 2.45) is 0 Å². The number of carbonyl (C=O) groups is 2. The fourth-order valence-electron chi connectivity index (χ4n) is 4.15. The normalized spacial score (nSPS) is 17.3. The maximum absolute atomic E-state index is 13.3. The van der Waals surface area contributed by atoms with Crippen LogP contribution < -0.4 is 14.4 Å². The third-order valence-corrected chi connectivity index (χ3v) is 6.12. The molecule has 6 nitrogen and oxygen atoms in total. The average molecular weight is 552 g/mol. The van der Waals surface area contributed by atoms with Crippen molar-refractivity contribution in [3.63, 3.8) is 0 Å². The Balaban J connectivity index is 1.93. The summed E-state index contributed by atoms with van der Waals surface area (Å²) in [5.74, 6) is -3.06. The SMILES string of the molecule is COc1c(Cl)cc(Cl)cc1/C(O)=C1\C(=O)C(=O)N(c2ccc(OC(F)(F)F)cc2)C1c1cccc(C)c1. The van der Waals surface area contributed by atoms with Crippen LogP contribution in [-0.2, 0) is 9.59 Å². The van der Waals surface area contributed by atoms with Crippen LogP contribution in [0.1, 0.15) is 22.7 Å². The number of aliphatic hydroxyl groups is 1. The highest BCUT2D eigenvalue weighted by molar-refractivity contribution is 6.52. The summed E-state index contributed by atoms with van der Waals surface area (Å²) in [4.78, 5) is 27.7. The number of methoxy groups -OCH3 is 1. The van der Waals surface area contributed by atoms with Gasteiger partial charge in [-0.1, -0.05) is 53.0 Å². The van der Waals surface area contributed by atoms with Crippen molar-refractivity contribution >= 4 is 46.3 Å². The van der Waals surface area contributed by atoms with E-state index < -0.39 is 35.6 Å².